The third-order valence-corrected chi connectivity index (χ3v) is 0. The van der Waals surface area contributed by atoms with E-state index < -0.39 is 0 Å². The van der Waals surface area contributed by atoms with Gasteiger partial charge in [0, 0.05) is 14.2 Å². The molecule has 0 radical (unpaired) electrons. The van der Waals surface area contributed by atoms with Crippen LogP contribution in [0, 0.1) is 0 Å². The molecule has 0 rings (SSSR count). The highest BCUT2D eigenvalue weighted by Crippen LogP contribution is 1.14. The van der Waals surface area contributed by atoms with Crippen molar-refractivity contribution in [3.8, 4) is 0 Å². The molecule has 0 aliphatic rings. The summed E-state index contributed by atoms with van der Waals surface area (Å²) >= 11 is 0. The molecule has 0 bridgehead atoms. The fourth-order valence-electron chi connectivity index (χ4n) is 0. The van der Waals surface area contributed by atoms with E-state index in [1.807, 2.05) is 13.8 Å². The maximum atomic E-state index is 7.00. The van der Waals surface area contributed by atoms with Gasteiger partial charge >= 0.3 is 0 Å². The topological polar surface area (TPSA) is 40.5 Å². The van der Waals surface area contributed by atoms with Gasteiger partial charge in [-0.2, -0.15) is 0 Å². The summed E-state index contributed by atoms with van der Waals surface area (Å²) in [4.78, 5) is 0. The molecule has 0 amide bonds. The lowest BCUT2D eigenvalue weighted by Gasteiger charge is -1.21. The smallest absolute Gasteiger partial charge is 0.0319 e. The first-order valence-corrected chi connectivity index (χ1v) is 1.89. The Balaban J connectivity index is -0.0000000225. The van der Waals surface area contributed by atoms with Crippen molar-refractivity contribution in [2.75, 3.05) is 14.2 Å². The molecule has 42 valence electrons. The van der Waals surface area contributed by atoms with Crippen LogP contribution in [-0.4, -0.2) is 24.4 Å². The van der Waals surface area contributed by atoms with Crippen LogP contribution in [-0.2, 0) is 0 Å². The molecule has 0 spiro atoms. The van der Waals surface area contributed by atoms with Crippen LogP contribution >= 0.6 is 0 Å². The summed E-state index contributed by atoms with van der Waals surface area (Å²) in [7, 11) is 2.00. The third kappa shape index (κ3) is 5220. The summed E-state index contributed by atoms with van der Waals surface area (Å²) in [6.45, 7) is 4.00. The average Bonchev–Trinajstić information content (AvgIpc) is 1.81. The summed E-state index contributed by atoms with van der Waals surface area (Å²) in [5, 5.41) is 14.0. The van der Waals surface area contributed by atoms with Crippen LogP contribution in [0.5, 0.6) is 0 Å². The summed E-state index contributed by atoms with van der Waals surface area (Å²) in [6, 6.07) is 0. The molecular formula is C4H14O2. The maximum Gasteiger partial charge on any atom is 0.0319 e. The molecule has 0 fully saturated rings. The molecule has 0 unspecified atom stereocenters. The Hall–Kier alpha value is -0.0800. The lowest BCUT2D eigenvalue weighted by Crippen LogP contribution is -1.25. The molecule has 0 atom stereocenters. The van der Waals surface area contributed by atoms with E-state index in [0.29, 0.717) is 0 Å². The largest absolute Gasteiger partial charge is 0.400 e. The van der Waals surface area contributed by atoms with Crippen molar-refractivity contribution >= 4 is 0 Å². The highest BCUT2D eigenvalue weighted by Gasteiger charge is 0.932. The van der Waals surface area contributed by atoms with Gasteiger partial charge in [-0.05, 0) is 0 Å². The van der Waals surface area contributed by atoms with E-state index in [4.69, 9.17) is 10.2 Å². The number of rotatable bonds is 0. The summed E-state index contributed by atoms with van der Waals surface area (Å²) in [6.07, 6.45) is 0. The highest BCUT2D eigenvalue weighted by atomic mass is 16.2. The molecule has 2 heteroatoms. The Kier molecular flexibility index (Phi) is 33100. The lowest BCUT2D eigenvalue weighted by molar-refractivity contribution is 0.399. The van der Waals surface area contributed by atoms with Gasteiger partial charge in [0.15, 0.2) is 0 Å². The second-order valence-corrected chi connectivity index (χ2v) is 0. The predicted octanol–water partition coefficient (Wildman–Crippen LogP) is 0.243. The highest BCUT2D eigenvalue weighted by molar-refractivity contribution is 3.50. The molecule has 2 N–H and O–H groups in total. The Morgan fingerprint density at radius 3 is 0.667 bits per heavy atom. The first kappa shape index (κ1) is 16.8. The molecule has 0 aromatic rings. The molecule has 0 saturated carbocycles. The Morgan fingerprint density at radius 2 is 0.667 bits per heavy atom. The van der Waals surface area contributed by atoms with E-state index in [2.05, 4.69) is 0 Å². The van der Waals surface area contributed by atoms with Gasteiger partial charge in [0.05, 0.1) is 0 Å². The van der Waals surface area contributed by atoms with Crippen molar-refractivity contribution in [1.82, 2.24) is 0 Å². The Morgan fingerprint density at radius 1 is 0.667 bits per heavy atom. The van der Waals surface area contributed by atoms with Gasteiger partial charge in [-0.25, -0.2) is 0 Å². The van der Waals surface area contributed by atoms with E-state index in [9.17, 15) is 0 Å². The van der Waals surface area contributed by atoms with Crippen LogP contribution in [0.15, 0.2) is 0 Å². The Labute approximate surface area is 39.4 Å². The van der Waals surface area contributed by atoms with Crippen molar-refractivity contribution < 1.29 is 10.2 Å². The molecular weight excluding hydrogens is 80.0 g/mol. The van der Waals surface area contributed by atoms with Gasteiger partial charge in [0.2, 0.25) is 0 Å². The minimum Gasteiger partial charge on any atom is -0.400 e. The summed E-state index contributed by atoms with van der Waals surface area (Å²) in [5.41, 5.74) is 0. The van der Waals surface area contributed by atoms with Crippen molar-refractivity contribution in [1.29, 1.82) is 0 Å². The predicted molar refractivity (Wildman–Crippen MR) is 27.6 cm³/mol. The third-order valence-electron chi connectivity index (χ3n) is 0. The standard InChI is InChI=1S/C2H6.2CH4O/c3*1-2/h1-2H3;2*2H,1H3. The zero-order valence-corrected chi connectivity index (χ0v) is 4.89. The fraction of sp³-hybridized carbons (Fsp3) is 1.00. The SMILES string of the molecule is CC.CO.CO. The van der Waals surface area contributed by atoms with Gasteiger partial charge in [0.25, 0.3) is 0 Å². The fourth-order valence-corrected chi connectivity index (χ4v) is 0. The first-order valence-electron chi connectivity index (χ1n) is 1.89. The maximum absolute atomic E-state index is 7.00. The molecule has 0 aliphatic carbocycles. The molecule has 0 saturated heterocycles. The zero-order valence-electron chi connectivity index (χ0n) is 4.89. The Bertz CT molecular complexity index is 5.51. The van der Waals surface area contributed by atoms with E-state index >= 15 is 0 Å². The molecule has 0 aromatic heterocycles. The molecule has 0 aromatic carbocycles. The van der Waals surface area contributed by atoms with E-state index in [1.165, 1.54) is 0 Å². The van der Waals surface area contributed by atoms with Crippen molar-refractivity contribution in [3.63, 3.8) is 0 Å². The zero-order chi connectivity index (χ0) is 6.00. The van der Waals surface area contributed by atoms with Crippen LogP contribution in [0.3, 0.4) is 0 Å². The number of hydrogen-bond donors (Lipinski definition) is 2. The summed E-state index contributed by atoms with van der Waals surface area (Å²) in [5.74, 6) is 0. The van der Waals surface area contributed by atoms with E-state index in [0.717, 1.165) is 14.2 Å². The quantitative estimate of drug-likeness (QED) is 0.451. The first-order chi connectivity index (χ1) is 3.00. The monoisotopic (exact) mass is 94.1 g/mol. The molecule has 6 heavy (non-hydrogen) atoms. The molecule has 2 nitrogen and oxygen atoms in total. The van der Waals surface area contributed by atoms with Crippen molar-refractivity contribution in [2.24, 2.45) is 0 Å². The normalized spacial score (nSPS) is 3.00. The van der Waals surface area contributed by atoms with Crippen LogP contribution in [0.1, 0.15) is 13.8 Å². The van der Waals surface area contributed by atoms with Crippen LogP contribution in [0.4, 0.5) is 0 Å². The number of aliphatic hydroxyl groups excluding tert-OH is 2. The second-order valence-electron chi connectivity index (χ2n) is 0. The van der Waals surface area contributed by atoms with Gasteiger partial charge < -0.3 is 10.2 Å². The number of hydrogen-bond acceptors (Lipinski definition) is 2. The minimum atomic E-state index is 1.00. The van der Waals surface area contributed by atoms with Gasteiger partial charge in [-0.1, -0.05) is 13.8 Å². The van der Waals surface area contributed by atoms with Crippen LogP contribution < -0.4 is 0 Å². The van der Waals surface area contributed by atoms with E-state index in [-0.39, 0.29) is 0 Å². The van der Waals surface area contributed by atoms with Crippen LogP contribution in [0.2, 0.25) is 0 Å². The number of aliphatic hydroxyl groups is 2. The van der Waals surface area contributed by atoms with Crippen molar-refractivity contribution in [3.05, 3.63) is 0 Å². The van der Waals surface area contributed by atoms with E-state index in [1.54, 1.807) is 0 Å². The van der Waals surface area contributed by atoms with Crippen molar-refractivity contribution in [2.45, 2.75) is 13.8 Å². The second kappa shape index (κ2) is 11800. The van der Waals surface area contributed by atoms with Gasteiger partial charge in [-0.15, -0.1) is 0 Å². The van der Waals surface area contributed by atoms with Gasteiger partial charge in [0.1, 0.15) is 0 Å². The van der Waals surface area contributed by atoms with Crippen LogP contribution in [0.25, 0.3) is 0 Å². The summed E-state index contributed by atoms with van der Waals surface area (Å²) < 4.78 is 0. The average molecular weight is 94.2 g/mol. The van der Waals surface area contributed by atoms with Gasteiger partial charge in [-0.3, -0.25) is 0 Å². The lowest BCUT2D eigenvalue weighted by atomic mass is 11.0. The minimum absolute atomic E-state index is 1.00. The molecule has 0 heterocycles. The molecule has 0 aliphatic heterocycles.